The number of benzene rings is 2. The fourth-order valence-electron chi connectivity index (χ4n) is 2.80. The minimum absolute atomic E-state index is 0.0104. The maximum absolute atomic E-state index is 12.2. The van der Waals surface area contributed by atoms with Gasteiger partial charge in [0.15, 0.2) is 6.61 Å². The molecular weight excluding hydrogens is 366 g/mol. The normalized spacial score (nSPS) is 13.6. The van der Waals surface area contributed by atoms with E-state index in [1.165, 1.54) is 18.2 Å². The Labute approximate surface area is 161 Å². The lowest BCUT2D eigenvalue weighted by Crippen LogP contribution is -2.36. The number of para-hydroxylation sites is 1. The predicted molar refractivity (Wildman–Crippen MR) is 101 cm³/mol. The minimum atomic E-state index is -0.806. The standard InChI is InChI=1S/C19H19N3O6/c23-18(20-15-4-2-1-3-5-15)13-28-19(24)14-6-7-16(17(12-14)22(25)26)21-8-10-27-11-9-21/h1-7,12H,8-11,13H2,(H,20,23). The van der Waals surface area contributed by atoms with Crippen molar-refractivity contribution in [2.24, 2.45) is 0 Å². The molecule has 0 atom stereocenters. The molecule has 2 aromatic rings. The van der Waals surface area contributed by atoms with Crippen LogP contribution in [0.5, 0.6) is 0 Å². The van der Waals surface area contributed by atoms with Crippen LogP contribution in [0.2, 0.25) is 0 Å². The Bertz CT molecular complexity index is 865. The van der Waals surface area contributed by atoms with E-state index >= 15 is 0 Å². The third-order valence-electron chi connectivity index (χ3n) is 4.15. The molecular formula is C19H19N3O6. The summed E-state index contributed by atoms with van der Waals surface area (Å²) in [6, 6.07) is 12.9. The summed E-state index contributed by atoms with van der Waals surface area (Å²) in [5.41, 5.74) is 0.821. The van der Waals surface area contributed by atoms with Crippen molar-refractivity contribution in [1.82, 2.24) is 0 Å². The highest BCUT2D eigenvalue weighted by atomic mass is 16.6. The Morgan fingerprint density at radius 2 is 1.86 bits per heavy atom. The molecule has 146 valence electrons. The van der Waals surface area contributed by atoms with Gasteiger partial charge in [-0.05, 0) is 24.3 Å². The molecule has 0 aromatic heterocycles. The van der Waals surface area contributed by atoms with E-state index in [0.717, 1.165) is 0 Å². The molecule has 28 heavy (non-hydrogen) atoms. The van der Waals surface area contributed by atoms with Gasteiger partial charge in [0.25, 0.3) is 11.6 Å². The van der Waals surface area contributed by atoms with Crippen molar-refractivity contribution in [3.63, 3.8) is 0 Å². The number of hydrogen-bond acceptors (Lipinski definition) is 7. The van der Waals surface area contributed by atoms with Crippen molar-refractivity contribution in [3.05, 3.63) is 64.2 Å². The molecule has 3 rings (SSSR count). The summed E-state index contributed by atoms with van der Waals surface area (Å²) in [5.74, 6) is -1.31. The number of nitrogens with zero attached hydrogens (tertiary/aromatic N) is 2. The SMILES string of the molecule is O=C(COC(=O)c1ccc(N2CCOCC2)c([N+](=O)[O-])c1)Nc1ccccc1. The molecule has 1 aliphatic heterocycles. The molecule has 0 radical (unpaired) electrons. The monoisotopic (exact) mass is 385 g/mol. The number of anilines is 2. The average molecular weight is 385 g/mol. The van der Waals surface area contributed by atoms with Gasteiger partial charge in [-0.2, -0.15) is 0 Å². The molecule has 2 aromatic carbocycles. The van der Waals surface area contributed by atoms with E-state index < -0.39 is 23.4 Å². The number of esters is 1. The highest BCUT2D eigenvalue weighted by molar-refractivity contribution is 5.96. The quantitative estimate of drug-likeness (QED) is 0.461. The van der Waals surface area contributed by atoms with Gasteiger partial charge in [0.1, 0.15) is 5.69 Å². The van der Waals surface area contributed by atoms with Crippen LogP contribution in [-0.2, 0) is 14.3 Å². The average Bonchev–Trinajstić information content (AvgIpc) is 2.73. The summed E-state index contributed by atoms with van der Waals surface area (Å²) in [6.45, 7) is 1.54. The van der Waals surface area contributed by atoms with Crippen molar-refractivity contribution >= 4 is 28.9 Å². The molecule has 0 aliphatic carbocycles. The van der Waals surface area contributed by atoms with Gasteiger partial charge in [-0.25, -0.2) is 4.79 Å². The van der Waals surface area contributed by atoms with Gasteiger partial charge in [-0.15, -0.1) is 0 Å². The van der Waals surface area contributed by atoms with E-state index in [-0.39, 0.29) is 11.3 Å². The maximum atomic E-state index is 12.2. The smallest absolute Gasteiger partial charge is 0.338 e. The van der Waals surface area contributed by atoms with Crippen molar-refractivity contribution in [2.75, 3.05) is 43.1 Å². The molecule has 1 heterocycles. The van der Waals surface area contributed by atoms with Crippen LogP contribution in [0.25, 0.3) is 0 Å². The van der Waals surface area contributed by atoms with Crippen LogP contribution >= 0.6 is 0 Å². The topological polar surface area (TPSA) is 111 Å². The lowest BCUT2D eigenvalue weighted by molar-refractivity contribution is -0.384. The molecule has 1 fully saturated rings. The summed E-state index contributed by atoms with van der Waals surface area (Å²) < 4.78 is 10.2. The second-order valence-electron chi connectivity index (χ2n) is 6.05. The van der Waals surface area contributed by atoms with E-state index in [0.29, 0.717) is 37.7 Å². The van der Waals surface area contributed by atoms with Crippen LogP contribution in [0.4, 0.5) is 17.1 Å². The first kappa shape index (κ1) is 19.3. The van der Waals surface area contributed by atoms with Gasteiger partial charge in [-0.1, -0.05) is 18.2 Å². The van der Waals surface area contributed by atoms with Gasteiger partial charge in [0.2, 0.25) is 0 Å². The third kappa shape index (κ3) is 4.83. The number of nitro groups is 1. The second kappa shape index (κ2) is 8.96. The number of nitro benzene ring substituents is 1. The van der Waals surface area contributed by atoms with E-state index in [2.05, 4.69) is 5.32 Å². The predicted octanol–water partition coefficient (Wildman–Crippen LogP) is 2.23. The molecule has 0 unspecified atom stereocenters. The fraction of sp³-hybridized carbons (Fsp3) is 0.263. The minimum Gasteiger partial charge on any atom is -0.452 e. The Kier molecular flexibility index (Phi) is 6.18. The first-order chi connectivity index (χ1) is 13.5. The van der Waals surface area contributed by atoms with Crippen LogP contribution < -0.4 is 10.2 Å². The number of ether oxygens (including phenoxy) is 2. The molecule has 0 bridgehead atoms. The number of nitrogens with one attached hydrogen (secondary N) is 1. The van der Waals surface area contributed by atoms with Crippen molar-refractivity contribution < 1.29 is 24.0 Å². The molecule has 1 aliphatic rings. The summed E-state index contributed by atoms with van der Waals surface area (Å²) in [4.78, 5) is 36.8. The molecule has 1 amide bonds. The first-order valence-corrected chi connectivity index (χ1v) is 8.68. The number of amides is 1. The number of hydrogen-bond donors (Lipinski definition) is 1. The lowest BCUT2D eigenvalue weighted by Gasteiger charge is -2.28. The van der Waals surface area contributed by atoms with Gasteiger partial charge >= 0.3 is 5.97 Å². The Morgan fingerprint density at radius 3 is 2.54 bits per heavy atom. The highest BCUT2D eigenvalue weighted by Gasteiger charge is 2.24. The van der Waals surface area contributed by atoms with Gasteiger partial charge in [0, 0.05) is 24.8 Å². The van der Waals surface area contributed by atoms with E-state index in [4.69, 9.17) is 9.47 Å². The van der Waals surface area contributed by atoms with Crippen molar-refractivity contribution in [2.45, 2.75) is 0 Å². The lowest BCUT2D eigenvalue weighted by atomic mass is 10.1. The molecule has 1 saturated heterocycles. The Morgan fingerprint density at radius 1 is 1.14 bits per heavy atom. The number of carbonyl (C=O) groups excluding carboxylic acids is 2. The molecule has 9 heteroatoms. The molecule has 0 spiro atoms. The van der Waals surface area contributed by atoms with E-state index in [9.17, 15) is 19.7 Å². The van der Waals surface area contributed by atoms with Gasteiger partial charge in [0.05, 0.1) is 23.7 Å². The second-order valence-corrected chi connectivity index (χ2v) is 6.05. The Hall–Kier alpha value is -3.46. The summed E-state index contributed by atoms with van der Waals surface area (Å²) in [6.07, 6.45) is 0. The van der Waals surface area contributed by atoms with Crippen LogP contribution in [0.1, 0.15) is 10.4 Å². The number of rotatable bonds is 6. The van der Waals surface area contributed by atoms with Gasteiger partial charge in [-0.3, -0.25) is 14.9 Å². The van der Waals surface area contributed by atoms with E-state index in [1.54, 1.807) is 24.3 Å². The summed E-state index contributed by atoms with van der Waals surface area (Å²) in [5, 5.41) is 14.0. The zero-order valence-electron chi connectivity index (χ0n) is 15.0. The zero-order valence-corrected chi connectivity index (χ0v) is 15.0. The van der Waals surface area contributed by atoms with Crippen LogP contribution in [0.3, 0.4) is 0 Å². The van der Waals surface area contributed by atoms with Crippen LogP contribution in [0, 0.1) is 10.1 Å². The third-order valence-corrected chi connectivity index (χ3v) is 4.15. The fourth-order valence-corrected chi connectivity index (χ4v) is 2.80. The van der Waals surface area contributed by atoms with Gasteiger partial charge < -0.3 is 19.7 Å². The molecule has 9 nitrogen and oxygen atoms in total. The maximum Gasteiger partial charge on any atom is 0.338 e. The number of morpholine rings is 1. The van der Waals surface area contributed by atoms with Crippen LogP contribution in [0.15, 0.2) is 48.5 Å². The van der Waals surface area contributed by atoms with E-state index in [1.807, 2.05) is 11.0 Å². The molecule has 1 N–H and O–H groups in total. The Balaban J connectivity index is 1.65. The summed E-state index contributed by atoms with van der Waals surface area (Å²) >= 11 is 0. The van der Waals surface area contributed by atoms with Crippen molar-refractivity contribution in [3.8, 4) is 0 Å². The highest BCUT2D eigenvalue weighted by Crippen LogP contribution is 2.30. The first-order valence-electron chi connectivity index (χ1n) is 8.68. The van der Waals surface area contributed by atoms with Crippen LogP contribution in [-0.4, -0.2) is 49.7 Å². The number of carbonyl (C=O) groups is 2. The zero-order chi connectivity index (χ0) is 19.9. The van der Waals surface area contributed by atoms with Crippen molar-refractivity contribution in [1.29, 1.82) is 0 Å². The molecule has 0 saturated carbocycles. The largest absolute Gasteiger partial charge is 0.452 e. The summed E-state index contributed by atoms with van der Waals surface area (Å²) in [7, 11) is 0.